The van der Waals surface area contributed by atoms with Gasteiger partial charge in [-0.3, -0.25) is 9.89 Å². The van der Waals surface area contributed by atoms with Crippen LogP contribution in [0.25, 0.3) is 0 Å². The van der Waals surface area contributed by atoms with Crippen LogP contribution < -0.4 is 5.32 Å². The standard InChI is InChI=1S/C12H20N4O/c1-12(5-3-2-4-6-12)7-11(17)13-8-10-14-9-15-16-10/h9H,2-8H2,1H3,(H,13,17)(H,14,15,16). The lowest BCUT2D eigenvalue weighted by Gasteiger charge is -2.32. The van der Waals surface area contributed by atoms with Gasteiger partial charge in [-0.15, -0.1) is 0 Å². The first-order chi connectivity index (χ1) is 8.18. The van der Waals surface area contributed by atoms with Crippen LogP contribution in [0.1, 0.15) is 51.3 Å². The lowest BCUT2D eigenvalue weighted by Crippen LogP contribution is -2.31. The van der Waals surface area contributed by atoms with Crippen LogP contribution >= 0.6 is 0 Å². The van der Waals surface area contributed by atoms with E-state index in [-0.39, 0.29) is 11.3 Å². The molecule has 1 aromatic rings. The van der Waals surface area contributed by atoms with E-state index in [1.807, 2.05) is 0 Å². The summed E-state index contributed by atoms with van der Waals surface area (Å²) in [6, 6.07) is 0. The number of amides is 1. The van der Waals surface area contributed by atoms with Crippen molar-refractivity contribution in [2.75, 3.05) is 0 Å². The van der Waals surface area contributed by atoms with Gasteiger partial charge in [-0.25, -0.2) is 4.98 Å². The molecule has 2 N–H and O–H groups in total. The van der Waals surface area contributed by atoms with Crippen molar-refractivity contribution in [1.29, 1.82) is 0 Å². The molecule has 0 unspecified atom stereocenters. The van der Waals surface area contributed by atoms with Crippen molar-refractivity contribution in [3.63, 3.8) is 0 Å². The number of nitrogens with one attached hydrogen (secondary N) is 2. The summed E-state index contributed by atoms with van der Waals surface area (Å²) in [5.74, 6) is 0.818. The summed E-state index contributed by atoms with van der Waals surface area (Å²) in [6.07, 6.45) is 8.24. The Kier molecular flexibility index (Phi) is 3.76. The van der Waals surface area contributed by atoms with E-state index in [1.165, 1.54) is 38.4 Å². The molecular formula is C12H20N4O. The fraction of sp³-hybridized carbons (Fsp3) is 0.750. The van der Waals surface area contributed by atoms with Gasteiger partial charge in [0.2, 0.25) is 5.91 Å². The maximum atomic E-state index is 11.8. The molecule has 5 nitrogen and oxygen atoms in total. The third-order valence-electron chi connectivity index (χ3n) is 3.57. The molecular weight excluding hydrogens is 216 g/mol. The molecule has 94 valence electrons. The molecule has 2 rings (SSSR count). The SMILES string of the molecule is CC1(CC(=O)NCc2ncn[nH]2)CCCCC1. The Morgan fingerprint density at radius 1 is 1.47 bits per heavy atom. The Morgan fingerprint density at radius 3 is 2.88 bits per heavy atom. The molecule has 0 radical (unpaired) electrons. The third kappa shape index (κ3) is 3.54. The van der Waals surface area contributed by atoms with E-state index in [1.54, 1.807) is 0 Å². The minimum absolute atomic E-state index is 0.116. The molecule has 1 amide bonds. The zero-order chi connectivity index (χ0) is 12.1. The van der Waals surface area contributed by atoms with Crippen molar-refractivity contribution in [1.82, 2.24) is 20.5 Å². The van der Waals surface area contributed by atoms with Gasteiger partial charge < -0.3 is 5.32 Å². The van der Waals surface area contributed by atoms with E-state index < -0.39 is 0 Å². The van der Waals surface area contributed by atoms with Crippen LogP contribution in [0.3, 0.4) is 0 Å². The van der Waals surface area contributed by atoms with Gasteiger partial charge in [0.05, 0.1) is 6.54 Å². The zero-order valence-electron chi connectivity index (χ0n) is 10.3. The number of H-pyrrole nitrogens is 1. The second-order valence-corrected chi connectivity index (χ2v) is 5.26. The quantitative estimate of drug-likeness (QED) is 0.837. The van der Waals surface area contributed by atoms with Crippen LogP contribution in [0.4, 0.5) is 0 Å². The van der Waals surface area contributed by atoms with Crippen LogP contribution in [0, 0.1) is 5.41 Å². The van der Waals surface area contributed by atoms with Crippen molar-refractivity contribution in [2.45, 2.75) is 52.0 Å². The number of carbonyl (C=O) groups excluding carboxylic acids is 1. The number of carbonyl (C=O) groups is 1. The van der Waals surface area contributed by atoms with Gasteiger partial charge in [-0.05, 0) is 18.3 Å². The number of hydrogen-bond donors (Lipinski definition) is 2. The summed E-state index contributed by atoms with van der Waals surface area (Å²) in [5, 5.41) is 9.36. The van der Waals surface area contributed by atoms with Crippen LogP contribution in [-0.4, -0.2) is 21.1 Å². The van der Waals surface area contributed by atoms with Crippen molar-refractivity contribution in [2.24, 2.45) is 5.41 Å². The van der Waals surface area contributed by atoms with E-state index in [9.17, 15) is 4.79 Å². The smallest absolute Gasteiger partial charge is 0.220 e. The fourth-order valence-electron chi connectivity index (χ4n) is 2.53. The highest BCUT2D eigenvalue weighted by Crippen LogP contribution is 2.38. The molecule has 1 aliphatic rings. The maximum Gasteiger partial charge on any atom is 0.220 e. The van der Waals surface area contributed by atoms with E-state index in [2.05, 4.69) is 27.4 Å². The molecule has 17 heavy (non-hydrogen) atoms. The Hall–Kier alpha value is -1.39. The summed E-state index contributed by atoms with van der Waals surface area (Å²) < 4.78 is 0. The normalized spacial score (nSPS) is 18.9. The van der Waals surface area contributed by atoms with Crippen molar-refractivity contribution >= 4 is 5.91 Å². The summed E-state index contributed by atoms with van der Waals surface area (Å²) in [6.45, 7) is 2.66. The van der Waals surface area contributed by atoms with Gasteiger partial charge in [-0.1, -0.05) is 26.2 Å². The molecule has 0 saturated heterocycles. The molecule has 1 aromatic heterocycles. The first-order valence-electron chi connectivity index (χ1n) is 6.29. The summed E-state index contributed by atoms with van der Waals surface area (Å²) in [4.78, 5) is 15.8. The molecule has 0 atom stereocenters. The number of aromatic amines is 1. The van der Waals surface area contributed by atoms with E-state index in [0.29, 0.717) is 18.8 Å². The van der Waals surface area contributed by atoms with Crippen molar-refractivity contribution < 1.29 is 4.79 Å². The fourth-order valence-corrected chi connectivity index (χ4v) is 2.53. The molecule has 1 heterocycles. The first-order valence-corrected chi connectivity index (χ1v) is 6.29. The van der Waals surface area contributed by atoms with Gasteiger partial charge in [-0.2, -0.15) is 5.10 Å². The maximum absolute atomic E-state index is 11.8. The molecule has 1 fully saturated rings. The van der Waals surface area contributed by atoms with Gasteiger partial charge >= 0.3 is 0 Å². The molecule has 1 aliphatic carbocycles. The van der Waals surface area contributed by atoms with Crippen molar-refractivity contribution in [3.8, 4) is 0 Å². The highest BCUT2D eigenvalue weighted by Gasteiger charge is 2.29. The van der Waals surface area contributed by atoms with E-state index in [4.69, 9.17) is 0 Å². The Labute approximate surface area is 101 Å². The minimum atomic E-state index is 0.116. The number of hydrogen-bond acceptors (Lipinski definition) is 3. The van der Waals surface area contributed by atoms with Crippen LogP contribution in [0.15, 0.2) is 6.33 Å². The average Bonchev–Trinajstić information content (AvgIpc) is 2.79. The third-order valence-corrected chi connectivity index (χ3v) is 3.57. The second-order valence-electron chi connectivity index (χ2n) is 5.26. The zero-order valence-corrected chi connectivity index (χ0v) is 10.3. The van der Waals surface area contributed by atoms with Crippen LogP contribution in [-0.2, 0) is 11.3 Å². The largest absolute Gasteiger partial charge is 0.349 e. The number of aromatic nitrogens is 3. The number of nitrogens with zero attached hydrogens (tertiary/aromatic N) is 2. The van der Waals surface area contributed by atoms with Gasteiger partial charge in [0, 0.05) is 6.42 Å². The summed E-state index contributed by atoms with van der Waals surface area (Å²) >= 11 is 0. The molecule has 1 saturated carbocycles. The molecule has 0 bridgehead atoms. The lowest BCUT2D eigenvalue weighted by atomic mass is 9.73. The van der Waals surface area contributed by atoms with Crippen LogP contribution in [0.2, 0.25) is 0 Å². The predicted octanol–water partition coefficient (Wildman–Crippen LogP) is 1.78. The highest BCUT2D eigenvalue weighted by atomic mass is 16.1. The first kappa shape index (κ1) is 12.1. The van der Waals surface area contributed by atoms with Gasteiger partial charge in [0.25, 0.3) is 0 Å². The highest BCUT2D eigenvalue weighted by molar-refractivity contribution is 5.76. The second kappa shape index (κ2) is 5.29. The minimum Gasteiger partial charge on any atom is -0.349 e. The summed E-state index contributed by atoms with van der Waals surface area (Å²) in [5.41, 5.74) is 0.198. The van der Waals surface area contributed by atoms with Gasteiger partial charge in [0.15, 0.2) is 0 Å². The van der Waals surface area contributed by atoms with Crippen LogP contribution in [0.5, 0.6) is 0 Å². The Morgan fingerprint density at radius 2 is 2.24 bits per heavy atom. The molecule has 5 heteroatoms. The topological polar surface area (TPSA) is 70.7 Å². The van der Waals surface area contributed by atoms with Gasteiger partial charge in [0.1, 0.15) is 12.2 Å². The Balaban J connectivity index is 1.76. The Bertz CT molecular complexity index is 355. The predicted molar refractivity (Wildman–Crippen MR) is 64.0 cm³/mol. The monoisotopic (exact) mass is 236 g/mol. The summed E-state index contributed by atoms with van der Waals surface area (Å²) in [7, 11) is 0. The van der Waals surface area contributed by atoms with E-state index >= 15 is 0 Å². The molecule has 0 spiro atoms. The molecule has 0 aliphatic heterocycles. The van der Waals surface area contributed by atoms with E-state index in [0.717, 1.165) is 0 Å². The molecule has 0 aromatic carbocycles. The number of rotatable bonds is 4. The average molecular weight is 236 g/mol. The lowest BCUT2D eigenvalue weighted by molar-refractivity contribution is -0.123. The van der Waals surface area contributed by atoms with Crippen molar-refractivity contribution in [3.05, 3.63) is 12.2 Å².